The van der Waals surface area contributed by atoms with Gasteiger partial charge in [-0.2, -0.15) is 0 Å². The summed E-state index contributed by atoms with van der Waals surface area (Å²) in [6.45, 7) is 4.05. The van der Waals surface area contributed by atoms with E-state index in [2.05, 4.69) is 4.90 Å². The van der Waals surface area contributed by atoms with Gasteiger partial charge < -0.3 is 9.64 Å². The molecular formula is C23H27N3O2S. The molecule has 6 heteroatoms. The van der Waals surface area contributed by atoms with E-state index in [0.29, 0.717) is 18.3 Å². The predicted octanol–water partition coefficient (Wildman–Crippen LogP) is 4.69. The van der Waals surface area contributed by atoms with E-state index in [0.717, 1.165) is 34.5 Å². The third-order valence-corrected chi connectivity index (χ3v) is 5.42. The lowest BCUT2D eigenvalue weighted by atomic mass is 10.2. The van der Waals surface area contributed by atoms with Crippen LogP contribution in [0.1, 0.15) is 18.9 Å². The van der Waals surface area contributed by atoms with Gasteiger partial charge in [0, 0.05) is 12.6 Å². The van der Waals surface area contributed by atoms with Crippen molar-refractivity contribution in [1.82, 2.24) is 9.88 Å². The van der Waals surface area contributed by atoms with Crippen LogP contribution in [0.3, 0.4) is 0 Å². The molecule has 0 saturated heterocycles. The number of ether oxygens (including phenoxy) is 1. The fourth-order valence-electron chi connectivity index (χ4n) is 2.97. The van der Waals surface area contributed by atoms with Crippen LogP contribution in [0, 0.1) is 0 Å². The Labute approximate surface area is 176 Å². The molecule has 152 valence electrons. The molecule has 0 unspecified atom stereocenters. The molecule has 0 aliphatic heterocycles. The second-order valence-electron chi connectivity index (χ2n) is 6.92. The van der Waals surface area contributed by atoms with E-state index in [-0.39, 0.29) is 5.91 Å². The average Bonchev–Trinajstić information content (AvgIpc) is 3.15. The average molecular weight is 410 g/mol. The van der Waals surface area contributed by atoms with Crippen molar-refractivity contribution in [2.75, 3.05) is 38.7 Å². The van der Waals surface area contributed by atoms with Gasteiger partial charge in [0.1, 0.15) is 11.3 Å². The second-order valence-corrected chi connectivity index (χ2v) is 7.93. The molecule has 0 spiro atoms. The lowest BCUT2D eigenvalue weighted by Gasteiger charge is -2.19. The molecule has 5 nitrogen and oxygen atoms in total. The van der Waals surface area contributed by atoms with E-state index in [1.165, 1.54) is 11.3 Å². The number of nitrogens with zero attached hydrogens (tertiary/aromatic N) is 3. The number of para-hydroxylation sites is 1. The van der Waals surface area contributed by atoms with Gasteiger partial charge in [-0.05, 0) is 57.8 Å². The fourth-order valence-corrected chi connectivity index (χ4v) is 3.98. The van der Waals surface area contributed by atoms with E-state index in [9.17, 15) is 4.79 Å². The molecule has 0 atom stereocenters. The van der Waals surface area contributed by atoms with E-state index < -0.39 is 0 Å². The molecular weight excluding hydrogens is 382 g/mol. The van der Waals surface area contributed by atoms with Crippen molar-refractivity contribution in [3.63, 3.8) is 0 Å². The fraction of sp³-hybridized carbons (Fsp3) is 0.304. The van der Waals surface area contributed by atoms with Crippen molar-refractivity contribution in [3.8, 4) is 5.75 Å². The van der Waals surface area contributed by atoms with Gasteiger partial charge in [-0.15, -0.1) is 0 Å². The summed E-state index contributed by atoms with van der Waals surface area (Å²) in [5.74, 6) is 0.692. The minimum Gasteiger partial charge on any atom is -0.492 e. The molecule has 29 heavy (non-hydrogen) atoms. The van der Waals surface area contributed by atoms with E-state index in [4.69, 9.17) is 9.72 Å². The molecule has 0 bridgehead atoms. The first-order valence-electron chi connectivity index (χ1n) is 9.80. The van der Waals surface area contributed by atoms with Crippen molar-refractivity contribution in [2.45, 2.75) is 13.3 Å². The maximum Gasteiger partial charge on any atom is 0.252 e. The maximum atomic E-state index is 13.0. The summed E-state index contributed by atoms with van der Waals surface area (Å²) in [7, 11) is 4.07. The highest BCUT2D eigenvalue weighted by Crippen LogP contribution is 2.34. The van der Waals surface area contributed by atoms with Gasteiger partial charge in [-0.25, -0.2) is 4.98 Å². The Morgan fingerprint density at radius 3 is 2.62 bits per heavy atom. The molecule has 0 radical (unpaired) electrons. The molecule has 0 aliphatic rings. The Morgan fingerprint density at radius 1 is 1.10 bits per heavy atom. The Bertz CT molecular complexity index is 967. The number of fused-ring (bicyclic) bond motifs is 1. The number of hydrogen-bond donors (Lipinski definition) is 0. The van der Waals surface area contributed by atoms with Crippen molar-refractivity contribution in [2.24, 2.45) is 0 Å². The maximum absolute atomic E-state index is 13.0. The predicted molar refractivity (Wildman–Crippen MR) is 122 cm³/mol. The van der Waals surface area contributed by atoms with Gasteiger partial charge in [-0.3, -0.25) is 9.69 Å². The smallest absolute Gasteiger partial charge is 0.252 e. The van der Waals surface area contributed by atoms with Crippen molar-refractivity contribution in [1.29, 1.82) is 0 Å². The highest BCUT2D eigenvalue weighted by atomic mass is 32.1. The van der Waals surface area contributed by atoms with Crippen molar-refractivity contribution < 1.29 is 9.53 Å². The minimum atomic E-state index is -0.0652. The number of aromatic nitrogens is 1. The quantitative estimate of drug-likeness (QED) is 0.481. The first-order valence-corrected chi connectivity index (χ1v) is 10.6. The Balaban J connectivity index is 1.88. The number of benzene rings is 2. The van der Waals surface area contributed by atoms with Gasteiger partial charge in [0.25, 0.3) is 5.91 Å². The highest BCUT2D eigenvalue weighted by Gasteiger charge is 2.19. The van der Waals surface area contributed by atoms with Crippen LogP contribution in [-0.2, 0) is 4.79 Å². The van der Waals surface area contributed by atoms with Gasteiger partial charge >= 0.3 is 0 Å². The third kappa shape index (κ3) is 5.65. The lowest BCUT2D eigenvalue weighted by Crippen LogP contribution is -2.32. The van der Waals surface area contributed by atoms with Crippen LogP contribution in [0.15, 0.2) is 54.6 Å². The van der Waals surface area contributed by atoms with Gasteiger partial charge in [0.2, 0.25) is 0 Å². The van der Waals surface area contributed by atoms with E-state index in [1.54, 1.807) is 11.0 Å². The van der Waals surface area contributed by atoms with E-state index in [1.807, 2.05) is 75.6 Å². The van der Waals surface area contributed by atoms with Crippen LogP contribution in [-0.4, -0.2) is 49.6 Å². The minimum absolute atomic E-state index is 0.0652. The van der Waals surface area contributed by atoms with Crippen LogP contribution >= 0.6 is 11.3 Å². The van der Waals surface area contributed by atoms with Gasteiger partial charge in [0.05, 0.1) is 11.3 Å². The first-order chi connectivity index (χ1) is 14.1. The van der Waals surface area contributed by atoms with Gasteiger partial charge in [-0.1, -0.05) is 47.7 Å². The van der Waals surface area contributed by atoms with Crippen LogP contribution in [0.2, 0.25) is 0 Å². The molecule has 0 N–H and O–H groups in total. The summed E-state index contributed by atoms with van der Waals surface area (Å²) in [4.78, 5) is 21.7. The lowest BCUT2D eigenvalue weighted by molar-refractivity contribution is -0.114. The standard InChI is InChI=1S/C23H27N3O2S/c1-4-28-19-12-8-13-20-22(19)24-23(29-20)26(17-9-16-25(2)3)21(27)15-14-18-10-6-5-7-11-18/h5-8,10-15H,4,9,16-17H2,1-3H3/b15-14+. The van der Waals surface area contributed by atoms with Crippen LogP contribution in [0.4, 0.5) is 5.13 Å². The van der Waals surface area contributed by atoms with E-state index >= 15 is 0 Å². The van der Waals surface area contributed by atoms with Crippen LogP contribution < -0.4 is 9.64 Å². The van der Waals surface area contributed by atoms with Gasteiger partial charge in [0.15, 0.2) is 5.13 Å². The largest absolute Gasteiger partial charge is 0.492 e. The van der Waals surface area contributed by atoms with Crippen LogP contribution in [0.25, 0.3) is 16.3 Å². The summed E-state index contributed by atoms with van der Waals surface area (Å²) < 4.78 is 6.73. The number of amides is 1. The monoisotopic (exact) mass is 409 g/mol. The third-order valence-electron chi connectivity index (χ3n) is 4.37. The zero-order valence-corrected chi connectivity index (χ0v) is 18.0. The zero-order chi connectivity index (χ0) is 20.6. The molecule has 3 aromatic rings. The molecule has 1 heterocycles. The number of rotatable bonds is 9. The summed E-state index contributed by atoms with van der Waals surface area (Å²) in [6.07, 6.45) is 4.34. The SMILES string of the molecule is CCOc1cccc2sc(N(CCCN(C)C)C(=O)/C=C/c3ccccc3)nc12. The highest BCUT2D eigenvalue weighted by molar-refractivity contribution is 7.22. The van der Waals surface area contributed by atoms with Crippen molar-refractivity contribution >= 4 is 38.7 Å². The Hall–Kier alpha value is -2.70. The Kier molecular flexibility index (Phi) is 7.38. The summed E-state index contributed by atoms with van der Waals surface area (Å²) >= 11 is 1.52. The topological polar surface area (TPSA) is 45.7 Å². The molecule has 0 aliphatic carbocycles. The summed E-state index contributed by atoms with van der Waals surface area (Å²) in [6, 6.07) is 15.7. The molecule has 0 fully saturated rings. The number of anilines is 1. The first kappa shape index (κ1) is 21.0. The molecule has 2 aromatic carbocycles. The number of carbonyl (C=O) groups excluding carboxylic acids is 1. The molecule has 3 rings (SSSR count). The Morgan fingerprint density at radius 2 is 1.90 bits per heavy atom. The zero-order valence-electron chi connectivity index (χ0n) is 17.2. The van der Waals surface area contributed by atoms with Crippen LogP contribution in [0.5, 0.6) is 5.75 Å². The number of thiazole rings is 1. The normalized spacial score (nSPS) is 11.4. The number of carbonyl (C=O) groups is 1. The summed E-state index contributed by atoms with van der Waals surface area (Å²) in [5.41, 5.74) is 1.81. The summed E-state index contributed by atoms with van der Waals surface area (Å²) in [5, 5.41) is 0.702. The second kappa shape index (κ2) is 10.2. The van der Waals surface area contributed by atoms with Crippen molar-refractivity contribution in [3.05, 3.63) is 60.2 Å². The molecule has 0 saturated carbocycles. The molecule has 1 aromatic heterocycles. The molecule has 1 amide bonds. The number of hydrogen-bond acceptors (Lipinski definition) is 5.